The molecule has 0 bridgehead atoms. The highest BCUT2D eigenvalue weighted by Gasteiger charge is 2.02. The summed E-state index contributed by atoms with van der Waals surface area (Å²) in [5, 5.41) is 3.41. The lowest BCUT2D eigenvalue weighted by Crippen LogP contribution is -2.01. The molecule has 16 heavy (non-hydrogen) atoms. The number of halogens is 1. The van der Waals surface area contributed by atoms with Gasteiger partial charge in [0.15, 0.2) is 0 Å². The first-order valence-electron chi connectivity index (χ1n) is 4.78. The molecule has 1 aromatic heterocycles. The first kappa shape index (κ1) is 11.4. The van der Waals surface area contributed by atoms with Gasteiger partial charge in [0, 0.05) is 28.8 Å². The van der Waals surface area contributed by atoms with Crippen LogP contribution in [0.2, 0.25) is 5.02 Å². The third-order valence-electron chi connectivity index (χ3n) is 2.19. The second-order valence-electron chi connectivity index (χ2n) is 3.42. The third kappa shape index (κ3) is 2.71. The minimum Gasteiger partial charge on any atom is -0.291 e. The maximum atomic E-state index is 11.1. The number of nitrogens with one attached hydrogen (secondary N) is 1. The van der Waals surface area contributed by atoms with Gasteiger partial charge in [-0.3, -0.25) is 14.6 Å². The van der Waals surface area contributed by atoms with Gasteiger partial charge >= 0.3 is 0 Å². The normalized spacial score (nSPS) is 10.6. The van der Waals surface area contributed by atoms with Gasteiger partial charge in [0.25, 0.3) is 5.56 Å². The van der Waals surface area contributed by atoms with Crippen molar-refractivity contribution < 1.29 is 0 Å². The van der Waals surface area contributed by atoms with Crippen LogP contribution >= 0.6 is 23.4 Å². The number of benzene rings is 1. The molecule has 0 aliphatic heterocycles. The van der Waals surface area contributed by atoms with Crippen molar-refractivity contribution in [2.45, 2.75) is 10.6 Å². The molecule has 0 radical (unpaired) electrons. The largest absolute Gasteiger partial charge is 0.291 e. The van der Waals surface area contributed by atoms with Gasteiger partial charge in [0.05, 0.1) is 5.69 Å². The monoisotopic (exact) mass is 254 g/mol. The molecule has 0 spiro atoms. The van der Waals surface area contributed by atoms with Crippen molar-refractivity contribution in [2.75, 3.05) is 0 Å². The average molecular weight is 255 g/mol. The van der Waals surface area contributed by atoms with Crippen molar-refractivity contribution in [2.24, 2.45) is 7.05 Å². The zero-order chi connectivity index (χ0) is 11.5. The molecule has 2 aromatic rings. The van der Waals surface area contributed by atoms with Crippen molar-refractivity contribution in [3.05, 3.63) is 51.4 Å². The summed E-state index contributed by atoms with van der Waals surface area (Å²) in [6.07, 6.45) is 0. The number of thioether (sulfide) groups is 1. The van der Waals surface area contributed by atoms with Crippen LogP contribution in [0.5, 0.6) is 0 Å². The summed E-state index contributed by atoms with van der Waals surface area (Å²) in [6.45, 7) is 0. The quantitative estimate of drug-likeness (QED) is 0.856. The van der Waals surface area contributed by atoms with E-state index in [4.69, 9.17) is 11.6 Å². The van der Waals surface area contributed by atoms with Gasteiger partial charge in [-0.2, -0.15) is 0 Å². The average Bonchev–Trinajstić information content (AvgIpc) is 2.54. The fourth-order valence-corrected chi connectivity index (χ4v) is 2.60. The molecule has 0 saturated carbocycles. The minimum absolute atomic E-state index is 0.0656. The number of rotatable bonds is 3. The van der Waals surface area contributed by atoms with E-state index < -0.39 is 0 Å². The van der Waals surface area contributed by atoms with Gasteiger partial charge in [-0.25, -0.2) is 0 Å². The molecule has 0 aliphatic carbocycles. The lowest BCUT2D eigenvalue weighted by molar-refractivity contribution is 0.727. The van der Waals surface area contributed by atoms with Crippen LogP contribution in [0.4, 0.5) is 0 Å². The van der Waals surface area contributed by atoms with E-state index in [-0.39, 0.29) is 5.56 Å². The number of nitrogens with zero attached hydrogens (tertiary/aromatic N) is 1. The summed E-state index contributed by atoms with van der Waals surface area (Å²) in [4.78, 5) is 12.2. The lowest BCUT2D eigenvalue weighted by atomic mass is 10.4. The van der Waals surface area contributed by atoms with E-state index in [9.17, 15) is 4.79 Å². The molecule has 3 nitrogen and oxygen atoms in total. The number of aryl methyl sites for hydroxylation is 1. The first-order valence-corrected chi connectivity index (χ1v) is 6.15. The van der Waals surface area contributed by atoms with Gasteiger partial charge in [-0.15, -0.1) is 11.8 Å². The number of aromatic amines is 1. The summed E-state index contributed by atoms with van der Waals surface area (Å²) >= 11 is 7.54. The summed E-state index contributed by atoms with van der Waals surface area (Å²) in [7, 11) is 1.83. The first-order chi connectivity index (χ1) is 7.65. The number of hydrogen-bond donors (Lipinski definition) is 1. The Bertz CT molecular complexity index is 547. The van der Waals surface area contributed by atoms with Gasteiger partial charge in [-0.05, 0) is 18.2 Å². The minimum atomic E-state index is -0.0656. The van der Waals surface area contributed by atoms with E-state index >= 15 is 0 Å². The van der Waals surface area contributed by atoms with Crippen LogP contribution in [0.3, 0.4) is 0 Å². The van der Waals surface area contributed by atoms with Crippen LogP contribution < -0.4 is 5.56 Å². The van der Waals surface area contributed by atoms with E-state index in [1.54, 1.807) is 22.5 Å². The Morgan fingerprint density at radius 3 is 2.88 bits per heavy atom. The van der Waals surface area contributed by atoms with Crippen molar-refractivity contribution in [3.8, 4) is 0 Å². The summed E-state index contributed by atoms with van der Waals surface area (Å²) in [5.41, 5.74) is 0.902. The second-order valence-corrected chi connectivity index (χ2v) is 4.90. The maximum Gasteiger partial charge on any atom is 0.264 e. The maximum absolute atomic E-state index is 11.1. The molecule has 2 rings (SSSR count). The van der Waals surface area contributed by atoms with Gasteiger partial charge in [-0.1, -0.05) is 17.7 Å². The van der Waals surface area contributed by atoms with Gasteiger partial charge in [0.2, 0.25) is 0 Å². The van der Waals surface area contributed by atoms with Crippen LogP contribution in [-0.2, 0) is 12.8 Å². The summed E-state index contributed by atoms with van der Waals surface area (Å²) in [6, 6.07) is 9.29. The highest BCUT2D eigenvalue weighted by atomic mass is 35.5. The van der Waals surface area contributed by atoms with Crippen LogP contribution in [0, 0.1) is 0 Å². The molecule has 1 heterocycles. The topological polar surface area (TPSA) is 37.8 Å². The van der Waals surface area contributed by atoms with Crippen LogP contribution in [0.1, 0.15) is 5.69 Å². The van der Waals surface area contributed by atoms with E-state index in [0.717, 1.165) is 21.4 Å². The smallest absolute Gasteiger partial charge is 0.264 e. The second kappa shape index (κ2) is 4.80. The van der Waals surface area contributed by atoms with Crippen LogP contribution in [0.15, 0.2) is 40.0 Å². The van der Waals surface area contributed by atoms with E-state index in [1.165, 1.54) is 0 Å². The molecule has 0 atom stereocenters. The van der Waals surface area contributed by atoms with E-state index in [1.807, 2.05) is 31.3 Å². The Kier molecular flexibility index (Phi) is 3.41. The van der Waals surface area contributed by atoms with Crippen LogP contribution in [-0.4, -0.2) is 9.78 Å². The SMILES string of the molecule is Cn1[nH]c(=O)cc1CSc1cccc(Cl)c1. The molecule has 1 aromatic carbocycles. The number of aromatic nitrogens is 2. The molecular formula is C11H11ClN2OS. The molecule has 0 aliphatic rings. The van der Waals surface area contributed by atoms with Crippen molar-refractivity contribution in [1.29, 1.82) is 0 Å². The summed E-state index contributed by atoms with van der Waals surface area (Å²) < 4.78 is 1.74. The molecule has 0 unspecified atom stereocenters. The van der Waals surface area contributed by atoms with E-state index in [0.29, 0.717) is 0 Å². The molecule has 0 amide bonds. The van der Waals surface area contributed by atoms with Gasteiger partial charge in [0.1, 0.15) is 0 Å². The fraction of sp³-hybridized carbons (Fsp3) is 0.182. The van der Waals surface area contributed by atoms with Crippen molar-refractivity contribution in [3.63, 3.8) is 0 Å². The zero-order valence-corrected chi connectivity index (χ0v) is 10.3. The Balaban J connectivity index is 2.08. The highest BCUT2D eigenvalue weighted by molar-refractivity contribution is 7.98. The molecule has 0 fully saturated rings. The predicted molar refractivity (Wildman–Crippen MR) is 67.0 cm³/mol. The van der Waals surface area contributed by atoms with Crippen LogP contribution in [0.25, 0.3) is 0 Å². The third-order valence-corrected chi connectivity index (χ3v) is 3.45. The van der Waals surface area contributed by atoms with Gasteiger partial charge < -0.3 is 0 Å². The summed E-state index contributed by atoms with van der Waals surface area (Å²) in [5.74, 6) is 0.746. The predicted octanol–water partition coefficient (Wildman–Crippen LogP) is 2.66. The molecule has 5 heteroatoms. The Hall–Kier alpha value is -1.13. The number of hydrogen-bond acceptors (Lipinski definition) is 2. The standard InChI is InChI=1S/C11H11ClN2OS/c1-14-9(6-11(15)13-14)7-16-10-4-2-3-8(12)5-10/h2-6H,7H2,1H3,(H,13,15). The lowest BCUT2D eigenvalue weighted by Gasteiger charge is -2.02. The highest BCUT2D eigenvalue weighted by Crippen LogP contribution is 2.24. The van der Waals surface area contributed by atoms with Crippen molar-refractivity contribution in [1.82, 2.24) is 9.78 Å². The number of H-pyrrole nitrogens is 1. The molecule has 0 saturated heterocycles. The Morgan fingerprint density at radius 1 is 1.44 bits per heavy atom. The van der Waals surface area contributed by atoms with Crippen molar-refractivity contribution >= 4 is 23.4 Å². The zero-order valence-electron chi connectivity index (χ0n) is 8.74. The molecular weight excluding hydrogens is 244 g/mol. The Labute approximate surface area is 102 Å². The molecule has 84 valence electrons. The van der Waals surface area contributed by atoms with E-state index in [2.05, 4.69) is 5.10 Å². The Morgan fingerprint density at radius 2 is 2.25 bits per heavy atom. The fourth-order valence-electron chi connectivity index (χ4n) is 1.37. The molecule has 1 N–H and O–H groups in total.